The second-order valence-corrected chi connectivity index (χ2v) is 5.30. The van der Waals surface area contributed by atoms with Gasteiger partial charge in [0.1, 0.15) is 5.60 Å². The van der Waals surface area contributed by atoms with Crippen LogP contribution in [0, 0.1) is 12.8 Å². The minimum Gasteiger partial charge on any atom is -0.384 e. The molecule has 0 aromatic heterocycles. The largest absolute Gasteiger partial charge is 0.384 e. The van der Waals surface area contributed by atoms with Crippen LogP contribution in [-0.4, -0.2) is 30.6 Å². The lowest BCUT2D eigenvalue weighted by atomic mass is 9.88. The van der Waals surface area contributed by atoms with E-state index in [9.17, 15) is 5.11 Å². The molecule has 1 aliphatic carbocycles. The Labute approximate surface area is 97.9 Å². The van der Waals surface area contributed by atoms with Gasteiger partial charge in [-0.1, -0.05) is 29.8 Å². The summed E-state index contributed by atoms with van der Waals surface area (Å²) < 4.78 is 0. The summed E-state index contributed by atoms with van der Waals surface area (Å²) in [5.41, 5.74) is 1.65. The highest BCUT2D eigenvalue weighted by Crippen LogP contribution is 2.46. The van der Waals surface area contributed by atoms with Crippen LogP contribution in [0.5, 0.6) is 0 Å². The number of aliphatic hydroxyl groups is 1. The topological polar surface area (TPSA) is 23.5 Å². The van der Waals surface area contributed by atoms with E-state index in [2.05, 4.69) is 36.1 Å². The fourth-order valence-electron chi connectivity index (χ4n) is 2.34. The smallest absolute Gasteiger partial charge is 0.105 e. The maximum absolute atomic E-state index is 10.8. The Morgan fingerprint density at radius 3 is 2.25 bits per heavy atom. The highest BCUT2D eigenvalue weighted by atomic mass is 16.3. The summed E-state index contributed by atoms with van der Waals surface area (Å²) >= 11 is 0. The van der Waals surface area contributed by atoms with Gasteiger partial charge in [-0.2, -0.15) is 0 Å². The van der Waals surface area contributed by atoms with Crippen LogP contribution in [0.4, 0.5) is 0 Å². The molecule has 0 radical (unpaired) electrons. The van der Waals surface area contributed by atoms with Crippen molar-refractivity contribution in [2.75, 3.05) is 20.6 Å². The molecule has 0 saturated heterocycles. The molecule has 2 rings (SSSR count). The zero-order valence-corrected chi connectivity index (χ0v) is 10.4. The molecule has 1 aromatic rings. The number of aryl methyl sites for hydroxylation is 1. The minimum absolute atomic E-state index is 0.442. The van der Waals surface area contributed by atoms with Gasteiger partial charge in [0, 0.05) is 6.54 Å². The molecular formula is C14H21NO. The van der Waals surface area contributed by atoms with Gasteiger partial charge < -0.3 is 10.0 Å². The fourth-order valence-corrected chi connectivity index (χ4v) is 2.34. The average molecular weight is 219 g/mol. The number of nitrogens with zero attached hydrogens (tertiary/aromatic N) is 1. The fraction of sp³-hybridized carbons (Fsp3) is 0.571. The van der Waals surface area contributed by atoms with E-state index in [0.29, 0.717) is 12.5 Å². The van der Waals surface area contributed by atoms with E-state index in [4.69, 9.17) is 0 Å². The summed E-state index contributed by atoms with van der Waals surface area (Å²) in [6.07, 6.45) is 2.30. The third-order valence-corrected chi connectivity index (χ3v) is 3.36. The highest BCUT2D eigenvalue weighted by Gasteiger charge is 2.45. The molecule has 0 amide bonds. The second-order valence-electron chi connectivity index (χ2n) is 5.30. The van der Waals surface area contributed by atoms with Gasteiger partial charge in [0.2, 0.25) is 0 Å². The molecule has 0 aliphatic heterocycles. The van der Waals surface area contributed by atoms with E-state index < -0.39 is 5.60 Å². The molecule has 0 spiro atoms. The first-order chi connectivity index (χ1) is 7.52. The number of hydrogen-bond acceptors (Lipinski definition) is 2. The maximum atomic E-state index is 10.8. The van der Waals surface area contributed by atoms with Gasteiger partial charge in [0.05, 0.1) is 0 Å². The van der Waals surface area contributed by atoms with E-state index >= 15 is 0 Å². The molecular weight excluding hydrogens is 198 g/mol. The van der Waals surface area contributed by atoms with Crippen molar-refractivity contribution in [1.29, 1.82) is 0 Å². The van der Waals surface area contributed by atoms with Crippen LogP contribution in [0.15, 0.2) is 24.3 Å². The van der Waals surface area contributed by atoms with Crippen molar-refractivity contribution in [1.82, 2.24) is 4.90 Å². The zero-order chi connectivity index (χ0) is 11.8. The van der Waals surface area contributed by atoms with E-state index in [1.54, 1.807) is 0 Å². The monoisotopic (exact) mass is 219 g/mol. The number of rotatable bonds is 4. The van der Waals surface area contributed by atoms with E-state index in [-0.39, 0.29) is 0 Å². The summed E-state index contributed by atoms with van der Waals surface area (Å²) in [6.45, 7) is 2.78. The maximum Gasteiger partial charge on any atom is 0.105 e. The van der Waals surface area contributed by atoms with Crippen LogP contribution >= 0.6 is 0 Å². The summed E-state index contributed by atoms with van der Waals surface area (Å²) in [5, 5.41) is 10.8. The first-order valence-corrected chi connectivity index (χ1v) is 5.96. The van der Waals surface area contributed by atoms with Crippen LogP contribution in [0.3, 0.4) is 0 Å². The molecule has 2 heteroatoms. The highest BCUT2D eigenvalue weighted by molar-refractivity contribution is 5.28. The van der Waals surface area contributed by atoms with Crippen LogP contribution in [0.2, 0.25) is 0 Å². The van der Waals surface area contributed by atoms with Crippen LogP contribution in [-0.2, 0) is 5.60 Å². The number of benzene rings is 1. The van der Waals surface area contributed by atoms with Gasteiger partial charge in [-0.05, 0) is 45.3 Å². The molecule has 2 nitrogen and oxygen atoms in total. The van der Waals surface area contributed by atoms with Crippen LogP contribution < -0.4 is 0 Å². The lowest BCUT2D eigenvalue weighted by Gasteiger charge is -2.32. The average Bonchev–Trinajstić information content (AvgIpc) is 3.00. The van der Waals surface area contributed by atoms with Crippen molar-refractivity contribution in [2.24, 2.45) is 5.92 Å². The van der Waals surface area contributed by atoms with Gasteiger partial charge in [-0.25, -0.2) is 0 Å². The van der Waals surface area contributed by atoms with Gasteiger partial charge in [0.25, 0.3) is 0 Å². The number of hydrogen-bond donors (Lipinski definition) is 1. The molecule has 16 heavy (non-hydrogen) atoms. The van der Waals surface area contributed by atoms with Gasteiger partial charge in [-0.3, -0.25) is 0 Å². The lowest BCUT2D eigenvalue weighted by Crippen LogP contribution is -2.39. The first kappa shape index (κ1) is 11.6. The Bertz CT molecular complexity index is 354. The third kappa shape index (κ3) is 2.28. The van der Waals surface area contributed by atoms with Gasteiger partial charge >= 0.3 is 0 Å². The molecule has 88 valence electrons. The van der Waals surface area contributed by atoms with Crippen LogP contribution in [0.25, 0.3) is 0 Å². The third-order valence-electron chi connectivity index (χ3n) is 3.36. The summed E-state index contributed by atoms with van der Waals surface area (Å²) in [4.78, 5) is 2.07. The Kier molecular flexibility index (Phi) is 3.04. The van der Waals surface area contributed by atoms with Gasteiger partial charge in [0.15, 0.2) is 0 Å². The van der Waals surface area contributed by atoms with Gasteiger partial charge in [-0.15, -0.1) is 0 Å². The van der Waals surface area contributed by atoms with Crippen molar-refractivity contribution < 1.29 is 5.11 Å². The quantitative estimate of drug-likeness (QED) is 0.839. The molecule has 1 aliphatic rings. The molecule has 1 saturated carbocycles. The molecule has 1 aromatic carbocycles. The van der Waals surface area contributed by atoms with Crippen molar-refractivity contribution in [3.8, 4) is 0 Å². The number of likely N-dealkylation sites (N-methyl/N-ethyl adjacent to an activating group) is 1. The van der Waals surface area contributed by atoms with Crippen molar-refractivity contribution >= 4 is 0 Å². The molecule has 1 unspecified atom stereocenters. The molecule has 0 bridgehead atoms. The van der Waals surface area contributed by atoms with Crippen molar-refractivity contribution in [3.63, 3.8) is 0 Å². The standard InChI is InChI=1S/C14H21NO/c1-11-4-6-12(7-5-11)14(16,10-15(2)3)13-8-9-13/h4-7,13,16H,8-10H2,1-3H3. The zero-order valence-electron chi connectivity index (χ0n) is 10.4. The predicted molar refractivity (Wildman–Crippen MR) is 66.4 cm³/mol. The van der Waals surface area contributed by atoms with Crippen LogP contribution in [0.1, 0.15) is 24.0 Å². The van der Waals surface area contributed by atoms with E-state index in [1.165, 1.54) is 5.56 Å². The molecule has 1 N–H and O–H groups in total. The summed E-state index contributed by atoms with van der Waals surface area (Å²) in [5.74, 6) is 0.442. The van der Waals surface area contributed by atoms with Crippen molar-refractivity contribution in [2.45, 2.75) is 25.4 Å². The SMILES string of the molecule is Cc1ccc(C(O)(CN(C)C)C2CC2)cc1. The Hall–Kier alpha value is -0.860. The minimum atomic E-state index is -0.656. The normalized spacial score (nSPS) is 19.8. The predicted octanol–water partition coefficient (Wildman–Crippen LogP) is 2.15. The molecule has 1 atom stereocenters. The van der Waals surface area contributed by atoms with E-state index in [0.717, 1.165) is 18.4 Å². The Balaban J connectivity index is 2.27. The molecule has 1 fully saturated rings. The van der Waals surface area contributed by atoms with E-state index in [1.807, 2.05) is 14.1 Å². The Morgan fingerprint density at radius 2 is 1.81 bits per heavy atom. The molecule has 0 heterocycles. The second kappa shape index (κ2) is 4.19. The lowest BCUT2D eigenvalue weighted by molar-refractivity contribution is -0.00996. The summed E-state index contributed by atoms with van der Waals surface area (Å²) in [6, 6.07) is 8.30. The Morgan fingerprint density at radius 1 is 1.25 bits per heavy atom. The summed E-state index contributed by atoms with van der Waals surface area (Å²) in [7, 11) is 4.03. The first-order valence-electron chi connectivity index (χ1n) is 5.96. The van der Waals surface area contributed by atoms with Crippen molar-refractivity contribution in [3.05, 3.63) is 35.4 Å².